The maximum atomic E-state index is 2.38. The SMILES string of the molecule is CC.CC.CC.CC.CC.CC.CC.CC.CC.CC.Cc1cccc2c3ccccc3n(-c3cccc[n+]3C)c12.Cc1cccc2c3ccccc3n(-c3n(-c4ccccc4)cc[n+]3C)c12.Cc1ccccc1-n1c2ccccc2c2ccc[n+](C)c21. The van der Waals surface area contributed by atoms with Gasteiger partial charge in [-0.1, -0.05) is 254 Å². The van der Waals surface area contributed by atoms with Crippen LogP contribution in [0.3, 0.4) is 0 Å². The molecule has 88 heavy (non-hydrogen) atoms. The number of hydrogen-bond acceptors (Lipinski definition) is 0. The van der Waals surface area contributed by atoms with Crippen LogP contribution < -0.4 is 13.7 Å². The van der Waals surface area contributed by atoms with Gasteiger partial charge in [-0.15, -0.1) is 0 Å². The van der Waals surface area contributed by atoms with Crippen molar-refractivity contribution in [2.45, 2.75) is 159 Å². The largest absolute Gasteiger partial charge is 0.374 e. The number of aromatic nitrogens is 7. The molecule has 0 aliphatic heterocycles. The first kappa shape index (κ1) is 77.5. The molecule has 0 N–H and O–H groups in total. The molecule has 0 unspecified atom stereocenters. The summed E-state index contributed by atoms with van der Waals surface area (Å²) in [5, 5.41) is 7.79. The first-order chi connectivity index (χ1) is 43.3. The Bertz CT molecular complexity index is 3840. The molecule has 0 fully saturated rings. The van der Waals surface area contributed by atoms with Crippen LogP contribution in [0.4, 0.5) is 0 Å². The lowest BCUT2D eigenvalue weighted by atomic mass is 10.1. The molecule has 0 amide bonds. The van der Waals surface area contributed by atoms with Gasteiger partial charge in [0.05, 0.1) is 45.1 Å². The second-order valence-electron chi connectivity index (χ2n) is 17.7. The third-order valence-electron chi connectivity index (χ3n) is 13.4. The highest BCUT2D eigenvalue weighted by Crippen LogP contribution is 2.35. The number of fused-ring (bicyclic) bond motifs is 9. The van der Waals surface area contributed by atoms with Crippen LogP contribution in [0, 0.1) is 20.8 Å². The van der Waals surface area contributed by atoms with Gasteiger partial charge in [0.15, 0.2) is 0 Å². The Morgan fingerprint density at radius 2 is 0.648 bits per heavy atom. The molecule has 7 heteroatoms. The van der Waals surface area contributed by atoms with E-state index >= 15 is 0 Å². The van der Waals surface area contributed by atoms with Crippen molar-refractivity contribution < 1.29 is 13.7 Å². The van der Waals surface area contributed by atoms with Crippen molar-refractivity contribution >= 4 is 65.5 Å². The van der Waals surface area contributed by atoms with E-state index in [9.17, 15) is 0 Å². The number of hydrogen-bond donors (Lipinski definition) is 0. The lowest BCUT2D eigenvalue weighted by Crippen LogP contribution is -2.33. The quantitative estimate of drug-likeness (QED) is 0.157. The molecule has 0 bridgehead atoms. The van der Waals surface area contributed by atoms with Crippen LogP contribution in [0.5, 0.6) is 0 Å². The monoisotopic (exact) mass is 1180 g/mol. The Morgan fingerprint density at radius 3 is 1.15 bits per heavy atom. The molecule has 470 valence electrons. The van der Waals surface area contributed by atoms with E-state index in [1.165, 1.54) is 93.7 Å². The first-order valence-electron chi connectivity index (χ1n) is 33.3. The van der Waals surface area contributed by atoms with Crippen LogP contribution in [0.2, 0.25) is 0 Å². The van der Waals surface area contributed by atoms with Gasteiger partial charge in [0.25, 0.3) is 11.5 Å². The zero-order valence-electron chi connectivity index (χ0n) is 59.4. The number of pyridine rings is 2. The van der Waals surface area contributed by atoms with Gasteiger partial charge in [-0.05, 0) is 110 Å². The maximum absolute atomic E-state index is 2.38. The number of nitrogens with zero attached hydrogens (tertiary/aromatic N) is 7. The van der Waals surface area contributed by atoms with E-state index in [1.807, 2.05) is 138 Å². The van der Waals surface area contributed by atoms with Crippen molar-refractivity contribution in [2.75, 3.05) is 0 Å². The fraction of sp³-hybridized carbons (Fsp3) is 0.321. The molecule has 0 aliphatic carbocycles. The van der Waals surface area contributed by atoms with Gasteiger partial charge in [-0.25, -0.2) is 18.3 Å². The van der Waals surface area contributed by atoms with Gasteiger partial charge < -0.3 is 0 Å². The minimum atomic E-state index is 1.12. The van der Waals surface area contributed by atoms with Crippen LogP contribution in [-0.4, -0.2) is 18.3 Å². The van der Waals surface area contributed by atoms with Crippen molar-refractivity contribution in [1.82, 2.24) is 18.3 Å². The van der Waals surface area contributed by atoms with Crippen LogP contribution in [0.25, 0.3) is 88.7 Å². The van der Waals surface area contributed by atoms with E-state index in [0.717, 1.165) is 11.6 Å². The fourth-order valence-electron chi connectivity index (χ4n) is 10.3. The summed E-state index contributed by atoms with van der Waals surface area (Å²) in [6.07, 6.45) is 8.44. The molecule has 0 saturated heterocycles. The minimum absolute atomic E-state index is 1.12. The predicted octanol–water partition coefficient (Wildman–Crippen LogP) is 22.8. The molecule has 7 aromatic carbocycles. The van der Waals surface area contributed by atoms with Crippen molar-refractivity contribution in [2.24, 2.45) is 21.1 Å². The fourth-order valence-corrected chi connectivity index (χ4v) is 10.3. The van der Waals surface area contributed by atoms with Crippen LogP contribution in [0.1, 0.15) is 155 Å². The van der Waals surface area contributed by atoms with Gasteiger partial charge in [0.2, 0.25) is 0 Å². The summed E-state index contributed by atoms with van der Waals surface area (Å²) < 4.78 is 15.9. The third-order valence-corrected chi connectivity index (χ3v) is 13.4. The molecule has 0 saturated carbocycles. The molecule has 6 heterocycles. The van der Waals surface area contributed by atoms with Crippen LogP contribution >= 0.6 is 0 Å². The highest BCUT2D eigenvalue weighted by molar-refractivity contribution is 6.11. The summed E-state index contributed by atoms with van der Waals surface area (Å²) in [6, 6.07) is 68.6. The van der Waals surface area contributed by atoms with Gasteiger partial charge in [-0.3, -0.25) is 0 Å². The number of para-hydroxylation sites is 7. The first-order valence-corrected chi connectivity index (χ1v) is 33.3. The number of imidazole rings is 1. The second-order valence-corrected chi connectivity index (χ2v) is 17.7. The summed E-state index contributed by atoms with van der Waals surface area (Å²) in [6.45, 7) is 46.5. The zero-order chi connectivity index (χ0) is 66.5. The lowest BCUT2D eigenvalue weighted by Gasteiger charge is -2.07. The maximum Gasteiger partial charge on any atom is 0.374 e. The van der Waals surface area contributed by atoms with E-state index in [-0.39, 0.29) is 0 Å². The molecule has 6 aromatic heterocycles. The van der Waals surface area contributed by atoms with E-state index in [4.69, 9.17) is 0 Å². The number of benzene rings is 7. The minimum Gasteiger partial charge on any atom is -0.237 e. The molecule has 0 spiro atoms. The predicted molar refractivity (Wildman–Crippen MR) is 393 cm³/mol. The molecule has 0 atom stereocenters. The van der Waals surface area contributed by atoms with E-state index in [0.29, 0.717) is 0 Å². The standard InChI is InChI=1S/C23H20N3.2C19H17N2.10C2H6/c1-17-9-8-13-20-19-12-6-7-14-21(19)26(22(17)20)23-24(2)15-16-25(23)18-10-4-3-5-11-18;1-14-8-3-5-11-17(14)21-18-12-6-4-9-15(18)16-10-7-13-20(2)19(16)21;1-14-8-7-10-16-15-9-3-4-11-17(15)21(19(14)16)18-12-5-6-13-20(18)2;10*1-2/h3-16H,1-2H3;2*3-13H,1-2H3;10*1-2H3/q3*+1;;;;;;;;;;. The number of rotatable bonds is 4. The molecule has 13 rings (SSSR count). The topological polar surface area (TPSA) is 31.4 Å². The van der Waals surface area contributed by atoms with Crippen LogP contribution in [0.15, 0.2) is 219 Å². The Hall–Kier alpha value is -8.55. The van der Waals surface area contributed by atoms with Crippen LogP contribution in [-0.2, 0) is 21.1 Å². The average Bonchev–Trinajstić information content (AvgIpc) is 2.64. The summed E-state index contributed by atoms with van der Waals surface area (Å²) in [4.78, 5) is 0. The third kappa shape index (κ3) is 17.4. The van der Waals surface area contributed by atoms with Gasteiger partial charge in [0, 0.05) is 33.0 Å². The molecule has 0 radical (unpaired) electrons. The average molecular weight is 1190 g/mol. The summed E-state index contributed by atoms with van der Waals surface area (Å²) in [5.74, 6) is 2.30. The van der Waals surface area contributed by atoms with Crippen molar-refractivity contribution in [3.8, 4) is 23.1 Å². The molecular weight excluding hydrogens is 1070 g/mol. The summed E-state index contributed by atoms with van der Waals surface area (Å²) >= 11 is 0. The van der Waals surface area contributed by atoms with Crippen molar-refractivity contribution in [3.63, 3.8) is 0 Å². The molecule has 7 nitrogen and oxygen atoms in total. The number of aryl methyl sites for hydroxylation is 6. The Balaban J connectivity index is 0.000000579. The molecule has 13 aromatic rings. The van der Waals surface area contributed by atoms with E-state index in [2.05, 4.69) is 293 Å². The highest BCUT2D eigenvalue weighted by atomic mass is 15.3. The molecule has 0 aliphatic rings. The van der Waals surface area contributed by atoms with E-state index in [1.54, 1.807) is 0 Å². The van der Waals surface area contributed by atoms with Crippen molar-refractivity contribution in [3.05, 3.63) is 236 Å². The van der Waals surface area contributed by atoms with Gasteiger partial charge in [-0.2, -0.15) is 13.7 Å². The smallest absolute Gasteiger partial charge is 0.237 e. The summed E-state index contributed by atoms with van der Waals surface area (Å²) in [7, 11) is 6.30. The Morgan fingerprint density at radius 1 is 0.273 bits per heavy atom. The van der Waals surface area contributed by atoms with Gasteiger partial charge >= 0.3 is 5.95 Å². The second kappa shape index (κ2) is 42.3. The van der Waals surface area contributed by atoms with Crippen molar-refractivity contribution in [1.29, 1.82) is 0 Å². The zero-order valence-corrected chi connectivity index (χ0v) is 59.4. The normalized spacial score (nSPS) is 9.48. The lowest BCUT2D eigenvalue weighted by molar-refractivity contribution is -0.665. The Kier molecular flexibility index (Phi) is 37.3. The molecular formula is C81H114N7+3. The van der Waals surface area contributed by atoms with E-state index < -0.39 is 0 Å². The highest BCUT2D eigenvalue weighted by Gasteiger charge is 2.26. The summed E-state index contributed by atoms with van der Waals surface area (Å²) in [5.41, 5.74) is 13.8. The Labute approximate surface area is 533 Å². The van der Waals surface area contributed by atoms with Gasteiger partial charge in [0.1, 0.15) is 45.2 Å².